The minimum Gasteiger partial charge on any atom is -0.309 e. The fourth-order valence-corrected chi connectivity index (χ4v) is 5.67. The van der Waals surface area contributed by atoms with Gasteiger partial charge in [-0.15, -0.1) is 0 Å². The van der Waals surface area contributed by atoms with Crippen molar-refractivity contribution in [3.05, 3.63) is 18.0 Å². The van der Waals surface area contributed by atoms with Crippen LogP contribution < -0.4 is 5.32 Å². The summed E-state index contributed by atoms with van der Waals surface area (Å²) in [5.41, 5.74) is 0.905. The molecule has 0 bridgehead atoms. The van der Waals surface area contributed by atoms with Crippen molar-refractivity contribution in [1.82, 2.24) is 20.0 Å². The van der Waals surface area contributed by atoms with Gasteiger partial charge in [-0.05, 0) is 27.2 Å². The molecule has 2 saturated heterocycles. The minimum absolute atomic E-state index is 0.139. The van der Waals surface area contributed by atoms with Gasteiger partial charge in [0.15, 0.2) is 9.84 Å². The minimum atomic E-state index is -2.91. The van der Waals surface area contributed by atoms with Gasteiger partial charge in [0.1, 0.15) is 0 Å². The van der Waals surface area contributed by atoms with Crippen LogP contribution >= 0.6 is 0 Å². The van der Waals surface area contributed by atoms with Crippen LogP contribution in [0.1, 0.15) is 32.8 Å². The van der Waals surface area contributed by atoms with E-state index in [1.807, 2.05) is 24.0 Å². The number of rotatable bonds is 3. The fraction of sp³-hybridized carbons (Fsp3) is 0.800. The average molecular weight is 326 g/mol. The third-order valence-electron chi connectivity index (χ3n) is 4.73. The lowest BCUT2D eigenvalue weighted by molar-refractivity contribution is 0.148. The van der Waals surface area contributed by atoms with Gasteiger partial charge >= 0.3 is 0 Å². The smallest absolute Gasteiger partial charge is 0.152 e. The van der Waals surface area contributed by atoms with E-state index in [2.05, 4.69) is 29.2 Å². The molecule has 1 aromatic rings. The number of aromatic nitrogens is 2. The second-order valence-corrected chi connectivity index (χ2v) is 9.84. The SMILES string of the molecule is CC1(C)CN(Cc2cnn(C3(C)CCS(=O)(=O)C3)c2)CCN1. The summed E-state index contributed by atoms with van der Waals surface area (Å²) >= 11 is 0. The molecule has 2 aliphatic heterocycles. The molecule has 7 heteroatoms. The highest BCUT2D eigenvalue weighted by atomic mass is 32.2. The summed E-state index contributed by atoms with van der Waals surface area (Å²) in [6, 6.07) is 0. The van der Waals surface area contributed by atoms with Crippen LogP contribution in [-0.4, -0.2) is 59.8 Å². The van der Waals surface area contributed by atoms with Gasteiger partial charge in [-0.3, -0.25) is 9.58 Å². The highest BCUT2D eigenvalue weighted by molar-refractivity contribution is 7.91. The maximum Gasteiger partial charge on any atom is 0.152 e. The van der Waals surface area contributed by atoms with Crippen molar-refractivity contribution in [3.8, 4) is 0 Å². The molecule has 0 spiro atoms. The topological polar surface area (TPSA) is 67.2 Å². The lowest BCUT2D eigenvalue weighted by Gasteiger charge is -2.39. The summed E-state index contributed by atoms with van der Waals surface area (Å²) < 4.78 is 25.4. The number of nitrogens with zero attached hydrogens (tertiary/aromatic N) is 3. The first kappa shape index (κ1) is 16.0. The third kappa shape index (κ3) is 3.36. The second kappa shape index (κ2) is 5.32. The van der Waals surface area contributed by atoms with Crippen molar-refractivity contribution < 1.29 is 8.42 Å². The standard InChI is InChI=1S/C15H26N4O2S/c1-14(2)11-18(6-5-16-14)9-13-8-17-19(10-13)15(3)4-7-22(20,21)12-15/h8,10,16H,4-7,9,11-12H2,1-3H3. The van der Waals surface area contributed by atoms with E-state index in [9.17, 15) is 8.42 Å². The van der Waals surface area contributed by atoms with Crippen LogP contribution in [0.4, 0.5) is 0 Å². The Bertz CT molecular complexity index is 652. The van der Waals surface area contributed by atoms with E-state index in [1.54, 1.807) is 0 Å². The number of hydrogen-bond acceptors (Lipinski definition) is 5. The van der Waals surface area contributed by atoms with Gasteiger partial charge < -0.3 is 5.32 Å². The highest BCUT2D eigenvalue weighted by Crippen LogP contribution is 2.30. The zero-order valence-corrected chi connectivity index (χ0v) is 14.5. The molecule has 0 aromatic carbocycles. The molecule has 6 nitrogen and oxygen atoms in total. The van der Waals surface area contributed by atoms with Crippen molar-refractivity contribution >= 4 is 9.84 Å². The van der Waals surface area contributed by atoms with Crippen LogP contribution in [0.3, 0.4) is 0 Å². The Morgan fingerprint density at radius 3 is 2.77 bits per heavy atom. The van der Waals surface area contributed by atoms with Gasteiger partial charge in [-0.2, -0.15) is 5.10 Å². The molecule has 0 amide bonds. The predicted molar refractivity (Wildman–Crippen MR) is 86.5 cm³/mol. The second-order valence-electron chi connectivity index (χ2n) is 7.65. The molecule has 22 heavy (non-hydrogen) atoms. The molecule has 0 aliphatic carbocycles. The van der Waals surface area contributed by atoms with Gasteiger partial charge in [-0.1, -0.05) is 0 Å². The Kier molecular flexibility index (Phi) is 3.86. The Morgan fingerprint density at radius 2 is 2.14 bits per heavy atom. The maximum absolute atomic E-state index is 11.8. The molecule has 2 aliphatic rings. The monoisotopic (exact) mass is 326 g/mol. The first-order valence-corrected chi connectivity index (χ1v) is 9.72. The molecule has 1 unspecified atom stereocenters. The molecule has 1 N–H and O–H groups in total. The van der Waals surface area contributed by atoms with Crippen molar-refractivity contribution in [2.24, 2.45) is 0 Å². The molecular weight excluding hydrogens is 300 g/mol. The quantitative estimate of drug-likeness (QED) is 0.881. The largest absolute Gasteiger partial charge is 0.309 e. The molecule has 1 aromatic heterocycles. The van der Waals surface area contributed by atoms with Crippen molar-refractivity contribution in [2.75, 3.05) is 31.1 Å². The van der Waals surface area contributed by atoms with Crippen molar-refractivity contribution in [1.29, 1.82) is 0 Å². The third-order valence-corrected chi connectivity index (χ3v) is 6.62. The normalized spacial score (nSPS) is 31.4. The van der Waals surface area contributed by atoms with Gasteiger partial charge in [0.2, 0.25) is 0 Å². The van der Waals surface area contributed by atoms with Gasteiger partial charge in [0.05, 0.1) is 23.2 Å². The van der Waals surface area contributed by atoms with Gasteiger partial charge in [-0.25, -0.2) is 8.42 Å². The van der Waals surface area contributed by atoms with Crippen molar-refractivity contribution in [3.63, 3.8) is 0 Å². The van der Waals surface area contributed by atoms with E-state index < -0.39 is 9.84 Å². The molecule has 0 saturated carbocycles. The number of nitrogens with one attached hydrogen (secondary N) is 1. The molecule has 3 heterocycles. The highest BCUT2D eigenvalue weighted by Gasteiger charge is 2.40. The number of sulfone groups is 1. The Balaban J connectivity index is 1.69. The summed E-state index contributed by atoms with van der Waals surface area (Å²) in [5, 5.41) is 7.96. The van der Waals surface area contributed by atoms with Crippen LogP contribution in [0.5, 0.6) is 0 Å². The van der Waals surface area contributed by atoms with Crippen molar-refractivity contribution in [2.45, 2.75) is 44.8 Å². The summed E-state index contributed by atoms with van der Waals surface area (Å²) in [4.78, 5) is 2.42. The van der Waals surface area contributed by atoms with Gasteiger partial charge in [0, 0.05) is 43.5 Å². The molecular formula is C15H26N4O2S. The number of piperazine rings is 1. The maximum atomic E-state index is 11.8. The van der Waals surface area contributed by atoms with E-state index in [0.717, 1.165) is 31.7 Å². The zero-order chi connectivity index (χ0) is 16.0. The summed E-state index contributed by atoms with van der Waals surface area (Å²) in [6.45, 7) is 10.3. The summed E-state index contributed by atoms with van der Waals surface area (Å²) in [7, 11) is -2.91. The van der Waals surface area contributed by atoms with Gasteiger partial charge in [0.25, 0.3) is 0 Å². The molecule has 1 atom stereocenters. The van der Waals surface area contributed by atoms with E-state index in [4.69, 9.17) is 0 Å². The van der Waals surface area contributed by atoms with Crippen LogP contribution in [0.25, 0.3) is 0 Å². The fourth-order valence-electron chi connectivity index (χ4n) is 3.55. The first-order valence-electron chi connectivity index (χ1n) is 7.89. The average Bonchev–Trinajstić information content (AvgIpc) is 2.94. The predicted octanol–water partition coefficient (Wildman–Crippen LogP) is 0.601. The molecule has 3 rings (SSSR count). The lowest BCUT2D eigenvalue weighted by Crippen LogP contribution is -2.56. The van der Waals surface area contributed by atoms with E-state index in [1.165, 1.54) is 0 Å². The van der Waals surface area contributed by atoms with Crippen LogP contribution in [0.15, 0.2) is 12.4 Å². The van der Waals surface area contributed by atoms with Crippen LogP contribution in [0.2, 0.25) is 0 Å². The van der Waals surface area contributed by atoms with Crippen LogP contribution in [0, 0.1) is 0 Å². The Morgan fingerprint density at radius 1 is 1.36 bits per heavy atom. The molecule has 0 radical (unpaired) electrons. The zero-order valence-electron chi connectivity index (χ0n) is 13.7. The van der Waals surface area contributed by atoms with Crippen LogP contribution in [-0.2, 0) is 21.9 Å². The van der Waals surface area contributed by atoms with E-state index in [-0.39, 0.29) is 22.6 Å². The van der Waals surface area contributed by atoms with E-state index in [0.29, 0.717) is 6.42 Å². The van der Waals surface area contributed by atoms with E-state index >= 15 is 0 Å². The molecule has 124 valence electrons. The first-order chi connectivity index (χ1) is 10.2. The Hall–Kier alpha value is -0.920. The summed E-state index contributed by atoms with van der Waals surface area (Å²) in [5.74, 6) is 0.465. The Labute approximate surface area is 132 Å². The molecule has 2 fully saturated rings. The summed E-state index contributed by atoms with van der Waals surface area (Å²) in [6.07, 6.45) is 4.55. The lowest BCUT2D eigenvalue weighted by atomic mass is 10.0. The number of hydrogen-bond donors (Lipinski definition) is 1.